The zero-order valence-corrected chi connectivity index (χ0v) is 20.4. The molecular weight excluding hydrogens is 484 g/mol. The number of amides is 2. The highest BCUT2D eigenvalue weighted by Crippen LogP contribution is 2.32. The largest absolute Gasteiger partial charge is 0.465 e. The van der Waals surface area contributed by atoms with E-state index < -0.39 is 23.8 Å². The van der Waals surface area contributed by atoms with Crippen LogP contribution in [-0.2, 0) is 14.3 Å². The van der Waals surface area contributed by atoms with Crippen LogP contribution in [0.5, 0.6) is 5.75 Å². The molecule has 0 spiro atoms. The number of nitrogens with one attached hydrogen (secondary N) is 1. The molecule has 9 heteroatoms. The smallest absolute Gasteiger partial charge is 0.343 e. The van der Waals surface area contributed by atoms with Gasteiger partial charge in [-0.3, -0.25) is 9.59 Å². The van der Waals surface area contributed by atoms with Crippen molar-refractivity contribution in [3.05, 3.63) is 99.7 Å². The molecule has 36 heavy (non-hydrogen) atoms. The van der Waals surface area contributed by atoms with E-state index in [2.05, 4.69) is 5.32 Å². The van der Waals surface area contributed by atoms with Crippen molar-refractivity contribution in [3.63, 3.8) is 0 Å². The van der Waals surface area contributed by atoms with Crippen molar-refractivity contribution in [1.82, 2.24) is 0 Å². The van der Waals surface area contributed by atoms with E-state index in [-0.39, 0.29) is 22.0 Å². The molecule has 4 rings (SSSR count). The fourth-order valence-corrected chi connectivity index (χ4v) is 3.80. The molecular formula is C27H21ClN2O6. The summed E-state index contributed by atoms with van der Waals surface area (Å²) in [6.07, 6.45) is 0. The number of aryl methyl sites for hydroxylation is 2. The van der Waals surface area contributed by atoms with E-state index in [1.54, 1.807) is 30.3 Å². The van der Waals surface area contributed by atoms with Gasteiger partial charge < -0.3 is 14.8 Å². The number of benzene rings is 3. The molecule has 0 aliphatic carbocycles. The van der Waals surface area contributed by atoms with Crippen LogP contribution in [0, 0.1) is 13.8 Å². The predicted molar refractivity (Wildman–Crippen MR) is 134 cm³/mol. The van der Waals surface area contributed by atoms with Crippen molar-refractivity contribution in [2.45, 2.75) is 13.8 Å². The molecule has 0 fully saturated rings. The second-order valence-corrected chi connectivity index (χ2v) is 8.38. The molecule has 0 bridgehead atoms. The van der Waals surface area contributed by atoms with Gasteiger partial charge in [-0.05, 0) is 67.4 Å². The average Bonchev–Trinajstić information content (AvgIpc) is 3.09. The summed E-state index contributed by atoms with van der Waals surface area (Å²) in [6, 6.07) is 17.8. The number of carbonyl (C=O) groups is 4. The minimum Gasteiger partial charge on any atom is -0.465 e. The van der Waals surface area contributed by atoms with E-state index >= 15 is 0 Å². The molecule has 1 aliphatic rings. The second-order valence-electron chi connectivity index (χ2n) is 8.00. The number of nitrogens with zero attached hydrogens (tertiary/aromatic N) is 1. The maximum Gasteiger partial charge on any atom is 0.343 e. The van der Waals surface area contributed by atoms with Gasteiger partial charge in [0, 0.05) is 5.69 Å². The lowest BCUT2D eigenvalue weighted by Gasteiger charge is -2.17. The molecule has 3 aromatic rings. The first kappa shape index (κ1) is 24.7. The first-order valence-electron chi connectivity index (χ1n) is 10.8. The summed E-state index contributed by atoms with van der Waals surface area (Å²) >= 11 is 6.20. The second kappa shape index (κ2) is 10.1. The number of carbonyl (C=O) groups excluding carboxylic acids is 4. The number of hydrogen-bond donors (Lipinski definition) is 1. The number of ether oxygens (including phenoxy) is 2. The first-order valence-corrected chi connectivity index (χ1v) is 11.2. The Morgan fingerprint density at radius 3 is 2.28 bits per heavy atom. The molecule has 182 valence electrons. The Hall–Kier alpha value is -4.43. The molecule has 0 unspecified atom stereocenters. The molecule has 8 nitrogen and oxygen atoms in total. The summed E-state index contributed by atoms with van der Waals surface area (Å²) in [6.45, 7) is 3.75. The number of imide groups is 1. The van der Waals surface area contributed by atoms with E-state index in [0.717, 1.165) is 16.0 Å². The number of methoxy groups -OCH3 is 1. The molecule has 0 radical (unpaired) electrons. The maximum atomic E-state index is 13.1. The average molecular weight is 505 g/mol. The van der Waals surface area contributed by atoms with Gasteiger partial charge in [0.1, 0.15) is 16.5 Å². The van der Waals surface area contributed by atoms with Crippen LogP contribution in [0.1, 0.15) is 31.8 Å². The lowest BCUT2D eigenvalue weighted by Crippen LogP contribution is -2.33. The fraction of sp³-hybridized carbons (Fsp3) is 0.111. The molecule has 0 atom stereocenters. The van der Waals surface area contributed by atoms with Crippen LogP contribution >= 0.6 is 11.6 Å². The Bertz CT molecular complexity index is 1430. The summed E-state index contributed by atoms with van der Waals surface area (Å²) in [7, 11) is 1.20. The minimum absolute atomic E-state index is 0.0409. The Morgan fingerprint density at radius 2 is 1.58 bits per heavy atom. The normalized spacial score (nSPS) is 13.2. The van der Waals surface area contributed by atoms with Crippen molar-refractivity contribution in [1.29, 1.82) is 0 Å². The quantitative estimate of drug-likeness (QED) is 0.294. The van der Waals surface area contributed by atoms with Crippen molar-refractivity contribution < 1.29 is 28.7 Å². The maximum absolute atomic E-state index is 13.1. The number of para-hydroxylation sites is 1. The van der Waals surface area contributed by atoms with Gasteiger partial charge in [-0.1, -0.05) is 35.9 Å². The zero-order chi connectivity index (χ0) is 26.0. The van der Waals surface area contributed by atoms with Gasteiger partial charge in [-0.25, -0.2) is 14.5 Å². The summed E-state index contributed by atoms with van der Waals surface area (Å²) in [5, 5.41) is 2.50. The highest BCUT2D eigenvalue weighted by molar-refractivity contribution is 6.53. The highest BCUT2D eigenvalue weighted by Gasteiger charge is 2.40. The van der Waals surface area contributed by atoms with Gasteiger partial charge in [-0.15, -0.1) is 0 Å². The van der Waals surface area contributed by atoms with Crippen LogP contribution in [0.2, 0.25) is 0 Å². The standard InChI is InChI=1S/C27H21ClN2O6/c1-15-8-9-16(2)21(14-15)36-26(33)17-10-12-18(13-11-17)29-23-22(28)24(31)30(25(23)32)20-7-5-4-6-19(20)27(34)35-3/h4-14,29H,1-3H3. The number of rotatable bonds is 6. The molecule has 1 heterocycles. The van der Waals surface area contributed by atoms with Crippen molar-refractivity contribution in [2.24, 2.45) is 0 Å². The first-order chi connectivity index (χ1) is 17.2. The van der Waals surface area contributed by atoms with Gasteiger partial charge in [0.25, 0.3) is 11.8 Å². The molecule has 0 saturated heterocycles. The SMILES string of the molecule is COC(=O)c1ccccc1N1C(=O)C(Cl)=C(Nc2ccc(C(=O)Oc3cc(C)ccc3C)cc2)C1=O. The topological polar surface area (TPSA) is 102 Å². The summed E-state index contributed by atoms with van der Waals surface area (Å²) in [5.74, 6) is -2.28. The highest BCUT2D eigenvalue weighted by atomic mass is 35.5. The van der Waals surface area contributed by atoms with Crippen molar-refractivity contribution in [2.75, 3.05) is 17.3 Å². The lowest BCUT2D eigenvalue weighted by molar-refractivity contribution is -0.120. The Labute approximate surface area is 212 Å². The van der Waals surface area contributed by atoms with Gasteiger partial charge in [0.15, 0.2) is 0 Å². The van der Waals surface area contributed by atoms with E-state index in [0.29, 0.717) is 17.0 Å². The van der Waals surface area contributed by atoms with E-state index in [1.807, 2.05) is 26.0 Å². The van der Waals surface area contributed by atoms with Crippen molar-refractivity contribution in [3.8, 4) is 5.75 Å². The number of anilines is 2. The Morgan fingerprint density at radius 1 is 0.889 bits per heavy atom. The minimum atomic E-state index is -0.783. The van der Waals surface area contributed by atoms with Crippen LogP contribution in [0.25, 0.3) is 0 Å². The molecule has 0 saturated carbocycles. The predicted octanol–water partition coefficient (Wildman–Crippen LogP) is 4.74. The third-order valence-corrected chi connectivity index (χ3v) is 5.86. The van der Waals surface area contributed by atoms with Crippen molar-refractivity contribution >= 4 is 46.7 Å². The van der Waals surface area contributed by atoms with Crippen LogP contribution in [0.4, 0.5) is 11.4 Å². The van der Waals surface area contributed by atoms with E-state index in [9.17, 15) is 19.2 Å². The van der Waals surface area contributed by atoms with Crippen LogP contribution < -0.4 is 15.0 Å². The van der Waals surface area contributed by atoms with Crippen LogP contribution in [-0.4, -0.2) is 30.9 Å². The van der Waals surface area contributed by atoms with Gasteiger partial charge in [0.05, 0.1) is 23.9 Å². The number of halogens is 1. The molecule has 1 aliphatic heterocycles. The Balaban J connectivity index is 1.52. The van der Waals surface area contributed by atoms with Gasteiger partial charge >= 0.3 is 11.9 Å². The van der Waals surface area contributed by atoms with Crippen LogP contribution in [0.3, 0.4) is 0 Å². The van der Waals surface area contributed by atoms with E-state index in [1.165, 1.54) is 31.4 Å². The number of esters is 2. The third kappa shape index (κ3) is 4.71. The molecule has 2 amide bonds. The lowest BCUT2D eigenvalue weighted by atomic mass is 10.1. The summed E-state index contributed by atoms with van der Waals surface area (Å²) in [5.41, 5.74) is 2.44. The summed E-state index contributed by atoms with van der Waals surface area (Å²) in [4.78, 5) is 51.4. The monoisotopic (exact) mass is 504 g/mol. The zero-order valence-electron chi connectivity index (χ0n) is 19.6. The Kier molecular flexibility index (Phi) is 6.89. The fourth-order valence-electron chi connectivity index (χ4n) is 3.59. The third-order valence-electron chi connectivity index (χ3n) is 5.51. The molecule has 1 N–H and O–H groups in total. The van der Waals surface area contributed by atoms with Gasteiger partial charge in [0.2, 0.25) is 0 Å². The number of hydrogen-bond acceptors (Lipinski definition) is 7. The molecule has 3 aromatic carbocycles. The van der Waals surface area contributed by atoms with Gasteiger partial charge in [-0.2, -0.15) is 0 Å². The van der Waals surface area contributed by atoms with E-state index in [4.69, 9.17) is 21.1 Å². The molecule has 0 aromatic heterocycles. The van der Waals surface area contributed by atoms with Crippen LogP contribution in [0.15, 0.2) is 77.5 Å². The summed E-state index contributed by atoms with van der Waals surface area (Å²) < 4.78 is 10.3.